The van der Waals surface area contributed by atoms with Crippen LogP contribution in [0, 0.1) is 11.7 Å². The second kappa shape index (κ2) is 8.11. The van der Waals surface area contributed by atoms with E-state index >= 15 is 0 Å². The fourth-order valence-corrected chi connectivity index (χ4v) is 3.68. The third-order valence-electron chi connectivity index (χ3n) is 4.29. The first-order valence-electron chi connectivity index (χ1n) is 7.58. The molecule has 1 atom stereocenters. The molecule has 3 N–H and O–H groups in total. The normalized spacial score (nSPS) is 18.1. The molecular formula is C16H24BrFN2. The predicted molar refractivity (Wildman–Crippen MR) is 84.7 cm³/mol. The van der Waals surface area contributed by atoms with Crippen molar-refractivity contribution in [3.8, 4) is 0 Å². The Morgan fingerprint density at radius 1 is 1.25 bits per heavy atom. The smallest absolute Gasteiger partial charge is 0.124 e. The number of halogens is 2. The van der Waals surface area contributed by atoms with Gasteiger partial charge in [-0.3, -0.25) is 11.3 Å². The lowest BCUT2D eigenvalue weighted by Gasteiger charge is -2.24. The fraction of sp³-hybridized carbons (Fsp3) is 0.625. The summed E-state index contributed by atoms with van der Waals surface area (Å²) in [7, 11) is 0. The van der Waals surface area contributed by atoms with Crippen LogP contribution in [0.5, 0.6) is 0 Å². The van der Waals surface area contributed by atoms with Crippen molar-refractivity contribution in [1.82, 2.24) is 5.43 Å². The van der Waals surface area contributed by atoms with E-state index in [1.54, 1.807) is 6.07 Å². The maximum absolute atomic E-state index is 13.4. The van der Waals surface area contributed by atoms with Gasteiger partial charge in [0.25, 0.3) is 0 Å². The molecule has 20 heavy (non-hydrogen) atoms. The van der Waals surface area contributed by atoms with E-state index in [4.69, 9.17) is 5.84 Å². The van der Waals surface area contributed by atoms with Crippen LogP contribution in [0.2, 0.25) is 0 Å². The second-order valence-electron chi connectivity index (χ2n) is 5.93. The molecule has 0 bridgehead atoms. The van der Waals surface area contributed by atoms with Gasteiger partial charge in [-0.25, -0.2) is 4.39 Å². The third kappa shape index (κ3) is 5.15. The highest BCUT2D eigenvalue weighted by atomic mass is 79.9. The lowest BCUT2D eigenvalue weighted by atomic mass is 9.84. The zero-order valence-electron chi connectivity index (χ0n) is 11.9. The quantitative estimate of drug-likeness (QED) is 0.596. The van der Waals surface area contributed by atoms with Crippen LogP contribution in [0.4, 0.5) is 4.39 Å². The van der Waals surface area contributed by atoms with Gasteiger partial charge in [0.1, 0.15) is 5.82 Å². The Morgan fingerprint density at radius 3 is 2.65 bits per heavy atom. The van der Waals surface area contributed by atoms with Gasteiger partial charge in [-0.15, -0.1) is 0 Å². The highest BCUT2D eigenvalue weighted by Crippen LogP contribution is 2.28. The maximum Gasteiger partial charge on any atom is 0.124 e. The van der Waals surface area contributed by atoms with Crippen LogP contribution < -0.4 is 11.3 Å². The van der Waals surface area contributed by atoms with Gasteiger partial charge in [0.05, 0.1) is 0 Å². The monoisotopic (exact) mass is 342 g/mol. The van der Waals surface area contributed by atoms with Crippen molar-refractivity contribution >= 4 is 15.9 Å². The summed E-state index contributed by atoms with van der Waals surface area (Å²) < 4.78 is 14.2. The molecule has 1 aliphatic rings. The molecule has 1 saturated carbocycles. The van der Waals surface area contributed by atoms with Gasteiger partial charge in [0, 0.05) is 10.5 Å². The van der Waals surface area contributed by atoms with Crippen LogP contribution >= 0.6 is 15.9 Å². The highest BCUT2D eigenvalue weighted by Gasteiger charge is 2.16. The van der Waals surface area contributed by atoms with Gasteiger partial charge >= 0.3 is 0 Å². The summed E-state index contributed by atoms with van der Waals surface area (Å²) in [6.07, 6.45) is 9.95. The van der Waals surface area contributed by atoms with Crippen LogP contribution in [0.15, 0.2) is 22.7 Å². The van der Waals surface area contributed by atoms with E-state index in [0.717, 1.165) is 28.8 Å². The summed E-state index contributed by atoms with van der Waals surface area (Å²) in [5.41, 5.74) is 3.88. The van der Waals surface area contributed by atoms with Crippen LogP contribution in [0.1, 0.15) is 50.5 Å². The van der Waals surface area contributed by atoms with Gasteiger partial charge in [-0.1, -0.05) is 48.0 Å². The van der Waals surface area contributed by atoms with E-state index < -0.39 is 0 Å². The Morgan fingerprint density at radius 2 is 2.00 bits per heavy atom. The van der Waals surface area contributed by atoms with Crippen molar-refractivity contribution in [2.75, 3.05) is 0 Å². The third-order valence-corrected chi connectivity index (χ3v) is 4.75. The summed E-state index contributed by atoms with van der Waals surface area (Å²) in [5.74, 6) is 6.32. The fourth-order valence-electron chi connectivity index (χ4n) is 3.17. The van der Waals surface area contributed by atoms with E-state index in [2.05, 4.69) is 21.4 Å². The van der Waals surface area contributed by atoms with Crippen LogP contribution in [-0.2, 0) is 6.42 Å². The van der Waals surface area contributed by atoms with Gasteiger partial charge in [-0.05, 0) is 48.9 Å². The molecule has 1 aromatic carbocycles. The zero-order chi connectivity index (χ0) is 14.4. The number of benzene rings is 1. The molecule has 0 amide bonds. The van der Waals surface area contributed by atoms with Crippen molar-refractivity contribution in [2.24, 2.45) is 11.8 Å². The van der Waals surface area contributed by atoms with E-state index in [0.29, 0.717) is 0 Å². The molecular weight excluding hydrogens is 319 g/mol. The molecule has 0 spiro atoms. The first-order valence-corrected chi connectivity index (χ1v) is 8.38. The molecule has 1 unspecified atom stereocenters. The van der Waals surface area contributed by atoms with Crippen LogP contribution in [-0.4, -0.2) is 6.04 Å². The standard InChI is InChI=1S/C16H24BrFN2/c17-14-8-13(9-15(18)11-14)10-16(20-19)7-6-12-4-2-1-3-5-12/h8-9,11-12,16,20H,1-7,10,19H2. The maximum atomic E-state index is 13.4. The van der Waals surface area contributed by atoms with Gasteiger partial charge in [-0.2, -0.15) is 0 Å². The van der Waals surface area contributed by atoms with Gasteiger partial charge in [0.2, 0.25) is 0 Å². The largest absolute Gasteiger partial charge is 0.271 e. The molecule has 0 radical (unpaired) electrons. The van der Waals surface area contributed by atoms with E-state index in [1.165, 1.54) is 44.6 Å². The Labute approximate surface area is 129 Å². The van der Waals surface area contributed by atoms with Crippen molar-refractivity contribution in [2.45, 2.75) is 57.4 Å². The van der Waals surface area contributed by atoms with Crippen molar-refractivity contribution < 1.29 is 4.39 Å². The van der Waals surface area contributed by atoms with Gasteiger partial charge in [0.15, 0.2) is 0 Å². The second-order valence-corrected chi connectivity index (χ2v) is 6.84. The number of hydrogen-bond acceptors (Lipinski definition) is 2. The molecule has 1 aliphatic carbocycles. The molecule has 2 nitrogen and oxygen atoms in total. The SMILES string of the molecule is NNC(CCC1CCCCC1)Cc1cc(F)cc(Br)c1. The first-order chi connectivity index (χ1) is 9.67. The Hall–Kier alpha value is -0.450. The van der Waals surface area contributed by atoms with Crippen LogP contribution in [0.25, 0.3) is 0 Å². The van der Waals surface area contributed by atoms with Crippen LogP contribution in [0.3, 0.4) is 0 Å². The molecule has 0 aromatic heterocycles. The van der Waals surface area contributed by atoms with E-state index in [1.807, 2.05) is 6.07 Å². The number of rotatable bonds is 6. The van der Waals surface area contributed by atoms with Gasteiger partial charge < -0.3 is 0 Å². The summed E-state index contributed by atoms with van der Waals surface area (Å²) in [5, 5.41) is 0. The predicted octanol–water partition coefficient (Wildman–Crippen LogP) is 4.32. The Balaban J connectivity index is 1.84. The minimum absolute atomic E-state index is 0.197. The topological polar surface area (TPSA) is 38.0 Å². The molecule has 2 rings (SSSR count). The molecule has 0 heterocycles. The molecule has 112 valence electrons. The minimum atomic E-state index is -0.197. The van der Waals surface area contributed by atoms with E-state index in [-0.39, 0.29) is 11.9 Å². The summed E-state index contributed by atoms with van der Waals surface area (Å²) in [6, 6.07) is 5.27. The van der Waals surface area contributed by atoms with E-state index in [9.17, 15) is 4.39 Å². The average molecular weight is 343 g/mol. The zero-order valence-corrected chi connectivity index (χ0v) is 13.5. The van der Waals surface area contributed by atoms with Crippen molar-refractivity contribution in [3.63, 3.8) is 0 Å². The first kappa shape index (κ1) is 15.9. The molecule has 0 aliphatic heterocycles. The lowest BCUT2D eigenvalue weighted by molar-refractivity contribution is 0.313. The minimum Gasteiger partial charge on any atom is -0.271 e. The highest BCUT2D eigenvalue weighted by molar-refractivity contribution is 9.10. The Kier molecular flexibility index (Phi) is 6.46. The number of nitrogens with two attached hydrogens (primary N) is 1. The molecule has 1 aromatic rings. The lowest BCUT2D eigenvalue weighted by Crippen LogP contribution is -2.37. The average Bonchev–Trinajstić information content (AvgIpc) is 2.43. The number of nitrogens with one attached hydrogen (secondary N) is 1. The van der Waals surface area contributed by atoms with Crippen molar-refractivity contribution in [1.29, 1.82) is 0 Å². The van der Waals surface area contributed by atoms with Crippen molar-refractivity contribution in [3.05, 3.63) is 34.1 Å². The molecule has 0 saturated heterocycles. The molecule has 1 fully saturated rings. The number of hydrogen-bond donors (Lipinski definition) is 2. The summed E-state index contributed by atoms with van der Waals surface area (Å²) in [6.45, 7) is 0. The Bertz CT molecular complexity index is 399. The molecule has 4 heteroatoms. The summed E-state index contributed by atoms with van der Waals surface area (Å²) >= 11 is 3.33. The number of hydrazine groups is 1. The summed E-state index contributed by atoms with van der Waals surface area (Å²) in [4.78, 5) is 0.